The van der Waals surface area contributed by atoms with E-state index in [4.69, 9.17) is 17.3 Å². The van der Waals surface area contributed by atoms with Gasteiger partial charge in [0, 0.05) is 16.7 Å². The number of fused-ring (bicyclic) bond motifs is 3. The van der Waals surface area contributed by atoms with Crippen molar-refractivity contribution < 1.29 is 22.3 Å². The number of rotatable bonds is 2. The maximum atomic E-state index is 13.8. The van der Waals surface area contributed by atoms with Crippen molar-refractivity contribution in [1.82, 2.24) is 9.55 Å². The molecule has 0 radical (unpaired) electrons. The maximum absolute atomic E-state index is 13.8. The molecule has 4 rings (SSSR count). The molecule has 0 fully saturated rings. The number of benzene rings is 2. The Labute approximate surface area is 164 Å². The summed E-state index contributed by atoms with van der Waals surface area (Å²) in [5.74, 6) is -0.448. The summed E-state index contributed by atoms with van der Waals surface area (Å²) in [6, 6.07) is 5.65. The van der Waals surface area contributed by atoms with Gasteiger partial charge >= 0.3 is 6.36 Å². The van der Waals surface area contributed by atoms with Crippen LogP contribution < -0.4 is 10.5 Å². The van der Waals surface area contributed by atoms with E-state index in [1.165, 1.54) is 30.3 Å². The summed E-state index contributed by atoms with van der Waals surface area (Å²) in [6.45, 7) is 0. The molecule has 0 amide bonds. The largest absolute Gasteiger partial charge is 0.573 e. The van der Waals surface area contributed by atoms with E-state index in [9.17, 15) is 17.6 Å². The predicted octanol–water partition coefficient (Wildman–Crippen LogP) is 5.48. The second-order valence-corrected chi connectivity index (χ2v) is 7.41. The highest BCUT2D eigenvalue weighted by Gasteiger charge is 2.38. The first kappa shape index (κ1) is 18.5. The molecule has 0 aliphatic carbocycles. The summed E-state index contributed by atoms with van der Waals surface area (Å²) in [6.07, 6.45) is -4.59. The summed E-state index contributed by atoms with van der Waals surface area (Å²) in [5.41, 5.74) is 7.20. The van der Waals surface area contributed by atoms with Crippen molar-refractivity contribution in [1.29, 1.82) is 0 Å². The predicted molar refractivity (Wildman–Crippen MR) is 95.2 cm³/mol. The van der Waals surface area contributed by atoms with Crippen LogP contribution in [0.4, 0.5) is 17.6 Å². The highest BCUT2D eigenvalue weighted by atomic mass is 79.9. The van der Waals surface area contributed by atoms with Crippen molar-refractivity contribution in [3.05, 3.63) is 57.0 Å². The number of nitrogens with two attached hydrogens (primary N) is 1. The highest BCUT2D eigenvalue weighted by Crippen LogP contribution is 2.46. The Bertz CT molecular complexity index is 1050. The van der Waals surface area contributed by atoms with E-state index in [1.54, 1.807) is 4.57 Å². The quantitative estimate of drug-likeness (QED) is 0.511. The van der Waals surface area contributed by atoms with Gasteiger partial charge in [0.2, 0.25) is 0 Å². The monoisotopic (exact) mass is 463 g/mol. The Morgan fingerprint density at radius 2 is 2.04 bits per heavy atom. The second-order valence-electron chi connectivity index (χ2n) is 6.15. The third-order valence-corrected chi connectivity index (χ3v) is 5.39. The zero-order chi connectivity index (χ0) is 19.5. The van der Waals surface area contributed by atoms with E-state index in [-0.39, 0.29) is 21.5 Å². The number of aromatic nitrogens is 2. The molecule has 4 nitrogen and oxygen atoms in total. The van der Waals surface area contributed by atoms with Crippen LogP contribution >= 0.6 is 27.5 Å². The van der Waals surface area contributed by atoms with Gasteiger partial charge in [-0.1, -0.05) is 17.7 Å². The summed E-state index contributed by atoms with van der Waals surface area (Å²) >= 11 is 9.36. The molecule has 0 saturated carbocycles. The first-order valence-electron chi connectivity index (χ1n) is 7.82. The van der Waals surface area contributed by atoms with Crippen LogP contribution in [0.3, 0.4) is 0 Å². The van der Waals surface area contributed by atoms with Gasteiger partial charge < -0.3 is 15.0 Å². The van der Waals surface area contributed by atoms with Crippen LogP contribution in [0, 0.1) is 5.82 Å². The van der Waals surface area contributed by atoms with E-state index in [0.29, 0.717) is 16.9 Å². The van der Waals surface area contributed by atoms with Crippen molar-refractivity contribution in [2.75, 3.05) is 0 Å². The molecule has 27 heavy (non-hydrogen) atoms. The van der Waals surface area contributed by atoms with E-state index in [2.05, 4.69) is 25.7 Å². The van der Waals surface area contributed by atoms with Crippen LogP contribution in [0.15, 0.2) is 34.8 Å². The molecule has 0 bridgehead atoms. The summed E-state index contributed by atoms with van der Waals surface area (Å²) in [7, 11) is 0. The Hall–Kier alpha value is -1.84. The summed E-state index contributed by atoms with van der Waals surface area (Å²) in [4.78, 5) is 4.36. The van der Waals surface area contributed by atoms with Crippen LogP contribution in [-0.4, -0.2) is 15.9 Å². The smallest absolute Gasteiger partial charge is 0.405 e. The Kier molecular flexibility index (Phi) is 4.36. The summed E-state index contributed by atoms with van der Waals surface area (Å²) in [5, 5.41) is 0.116. The topological polar surface area (TPSA) is 53.1 Å². The number of imidazole rings is 1. The molecule has 1 aliphatic rings. The maximum Gasteiger partial charge on any atom is 0.573 e. The third-order valence-electron chi connectivity index (χ3n) is 4.45. The molecule has 10 heteroatoms. The summed E-state index contributed by atoms with van der Waals surface area (Å²) < 4.78 is 58.5. The number of nitrogens with zero attached hydrogens (tertiary/aromatic N) is 2. The first-order chi connectivity index (χ1) is 12.7. The average molecular weight is 465 g/mol. The number of hydrogen-bond donors (Lipinski definition) is 1. The second kappa shape index (κ2) is 6.35. The lowest BCUT2D eigenvalue weighted by Crippen LogP contribution is -2.19. The van der Waals surface area contributed by atoms with Crippen LogP contribution in [0.25, 0.3) is 11.0 Å². The van der Waals surface area contributed by atoms with E-state index in [1.807, 2.05) is 0 Å². The van der Waals surface area contributed by atoms with Crippen LogP contribution in [0.1, 0.15) is 29.9 Å². The molecule has 0 unspecified atom stereocenters. The Morgan fingerprint density at radius 3 is 2.74 bits per heavy atom. The van der Waals surface area contributed by atoms with Crippen molar-refractivity contribution in [3.8, 4) is 5.75 Å². The SMILES string of the molecule is N[C@@H]1C[C@H](c2c(Cl)cccc2OC(F)(F)F)n2c1nc1cc(F)c(Br)cc12. The minimum Gasteiger partial charge on any atom is -0.405 e. The fourth-order valence-electron chi connectivity index (χ4n) is 3.45. The first-order valence-corrected chi connectivity index (χ1v) is 8.99. The average Bonchev–Trinajstić information content (AvgIpc) is 3.05. The van der Waals surface area contributed by atoms with Gasteiger partial charge in [-0.05, 0) is 40.5 Å². The molecule has 1 aliphatic heterocycles. The minimum atomic E-state index is -4.87. The van der Waals surface area contributed by atoms with Crippen LogP contribution in [0.2, 0.25) is 5.02 Å². The highest BCUT2D eigenvalue weighted by molar-refractivity contribution is 9.10. The van der Waals surface area contributed by atoms with Crippen molar-refractivity contribution in [2.24, 2.45) is 5.73 Å². The zero-order valence-electron chi connectivity index (χ0n) is 13.4. The molecule has 2 N–H and O–H groups in total. The number of ether oxygens (including phenoxy) is 1. The van der Waals surface area contributed by atoms with E-state index >= 15 is 0 Å². The van der Waals surface area contributed by atoms with Gasteiger partial charge in [0.1, 0.15) is 17.4 Å². The van der Waals surface area contributed by atoms with Crippen molar-refractivity contribution in [2.45, 2.75) is 24.9 Å². The minimum absolute atomic E-state index is 0.116. The number of hydrogen-bond acceptors (Lipinski definition) is 3. The molecule has 2 atom stereocenters. The normalized spacial score (nSPS) is 19.5. The molecule has 1 aromatic heterocycles. The molecule has 3 aromatic rings. The Morgan fingerprint density at radius 1 is 1.30 bits per heavy atom. The fourth-order valence-corrected chi connectivity index (χ4v) is 4.07. The number of halogens is 6. The van der Waals surface area contributed by atoms with Gasteiger partial charge in [-0.3, -0.25) is 0 Å². The molecule has 0 saturated heterocycles. The van der Waals surface area contributed by atoms with Crippen molar-refractivity contribution in [3.63, 3.8) is 0 Å². The lowest BCUT2D eigenvalue weighted by atomic mass is 10.0. The molecular formula is C17H11BrClF4N3O. The van der Waals surface area contributed by atoms with Crippen LogP contribution in [-0.2, 0) is 0 Å². The molecule has 142 valence electrons. The Balaban J connectivity index is 1.93. The van der Waals surface area contributed by atoms with Gasteiger partial charge in [-0.25, -0.2) is 9.37 Å². The van der Waals surface area contributed by atoms with Gasteiger partial charge in [-0.15, -0.1) is 13.2 Å². The van der Waals surface area contributed by atoms with Gasteiger partial charge in [0.05, 0.1) is 27.6 Å². The van der Waals surface area contributed by atoms with E-state index < -0.39 is 30.0 Å². The van der Waals surface area contributed by atoms with Crippen LogP contribution in [0.5, 0.6) is 5.75 Å². The van der Waals surface area contributed by atoms with Gasteiger partial charge in [0.15, 0.2) is 0 Å². The molecule has 0 spiro atoms. The zero-order valence-corrected chi connectivity index (χ0v) is 15.7. The standard InChI is InChI=1S/C17H11BrClF4N3O/c18-7-4-12-11(5-9(7)20)25-16-10(24)6-13(26(12)16)15-8(19)2-1-3-14(15)27-17(21,22)23/h1-5,10,13H,6,24H2/t10-,13-/m1/s1. The fraction of sp³-hybridized carbons (Fsp3) is 0.235. The number of alkyl halides is 3. The molecule has 2 aromatic carbocycles. The lowest BCUT2D eigenvalue weighted by molar-refractivity contribution is -0.275. The van der Waals surface area contributed by atoms with E-state index in [0.717, 1.165) is 0 Å². The van der Waals surface area contributed by atoms with Gasteiger partial charge in [-0.2, -0.15) is 0 Å². The molecule has 2 heterocycles. The lowest BCUT2D eigenvalue weighted by Gasteiger charge is -2.21. The van der Waals surface area contributed by atoms with Crippen molar-refractivity contribution >= 4 is 38.6 Å². The molecular weight excluding hydrogens is 454 g/mol. The third kappa shape index (κ3) is 3.17. The van der Waals surface area contributed by atoms with Gasteiger partial charge in [0.25, 0.3) is 0 Å².